The summed E-state index contributed by atoms with van der Waals surface area (Å²) in [5.41, 5.74) is 0.554. The lowest BCUT2D eigenvalue weighted by Gasteiger charge is -2.26. The van der Waals surface area contributed by atoms with Gasteiger partial charge < -0.3 is 19.8 Å². The molecule has 0 aliphatic carbocycles. The second kappa shape index (κ2) is 9.52. The molecule has 0 aliphatic heterocycles. The number of nitrogens with zero attached hydrogens (tertiary/aromatic N) is 1. The van der Waals surface area contributed by atoms with E-state index in [0.717, 1.165) is 22.5 Å². The summed E-state index contributed by atoms with van der Waals surface area (Å²) in [6.07, 6.45) is 1.85. The maximum atomic E-state index is 11.4. The first-order valence-corrected chi connectivity index (χ1v) is 11.9. The van der Waals surface area contributed by atoms with E-state index in [1.54, 1.807) is 7.05 Å². The first-order chi connectivity index (χ1) is 13.5. The van der Waals surface area contributed by atoms with Crippen LogP contribution in [-0.4, -0.2) is 46.6 Å². The highest BCUT2D eigenvalue weighted by molar-refractivity contribution is 7.90. The van der Waals surface area contributed by atoms with E-state index in [1.165, 1.54) is 6.26 Å². The Labute approximate surface area is 173 Å². The van der Waals surface area contributed by atoms with Gasteiger partial charge in [0.05, 0.1) is 18.4 Å². The molecule has 0 radical (unpaired) electrons. The largest absolute Gasteiger partial charge is 0.490 e. The standard InChI is InChI=1S/C21H33N3O4S/c1-7-27-17-10-8-9-16-13-18(28-19(16)17)15(2)24-20(22-5)23-14-21(3,4)11-12-29(6,25)26/h8-10,13,15H,7,11-12,14H2,1-6H3,(H2,22,23,24). The van der Waals surface area contributed by atoms with Gasteiger partial charge in [-0.2, -0.15) is 0 Å². The van der Waals surface area contributed by atoms with E-state index in [0.29, 0.717) is 25.5 Å². The fraction of sp³-hybridized carbons (Fsp3) is 0.571. The SMILES string of the molecule is CCOc1cccc2cc(C(C)NC(=NC)NCC(C)(C)CCS(C)(=O)=O)oc12. The Hall–Kier alpha value is -2.22. The van der Waals surface area contributed by atoms with Crippen LogP contribution in [0, 0.1) is 5.41 Å². The molecule has 29 heavy (non-hydrogen) atoms. The third kappa shape index (κ3) is 6.96. The smallest absolute Gasteiger partial charge is 0.191 e. The second-order valence-corrected chi connectivity index (χ2v) is 10.4. The van der Waals surface area contributed by atoms with Crippen LogP contribution in [0.25, 0.3) is 11.0 Å². The molecular formula is C21H33N3O4S. The van der Waals surface area contributed by atoms with E-state index in [-0.39, 0.29) is 17.2 Å². The molecule has 1 aromatic carbocycles. The first-order valence-electron chi connectivity index (χ1n) is 9.85. The summed E-state index contributed by atoms with van der Waals surface area (Å²) in [5.74, 6) is 2.33. The number of hydrogen-bond acceptors (Lipinski definition) is 5. The van der Waals surface area contributed by atoms with Crippen LogP contribution in [0.2, 0.25) is 0 Å². The second-order valence-electron chi connectivity index (χ2n) is 8.09. The van der Waals surface area contributed by atoms with Crippen molar-refractivity contribution in [1.29, 1.82) is 0 Å². The summed E-state index contributed by atoms with van der Waals surface area (Å²) >= 11 is 0. The maximum Gasteiger partial charge on any atom is 0.191 e. The highest BCUT2D eigenvalue weighted by atomic mass is 32.2. The predicted molar refractivity (Wildman–Crippen MR) is 118 cm³/mol. The van der Waals surface area contributed by atoms with Gasteiger partial charge in [-0.25, -0.2) is 8.42 Å². The topological polar surface area (TPSA) is 92.9 Å². The lowest BCUT2D eigenvalue weighted by Crippen LogP contribution is -2.43. The van der Waals surface area contributed by atoms with Gasteiger partial charge in [0.2, 0.25) is 0 Å². The van der Waals surface area contributed by atoms with Crippen LogP contribution in [0.15, 0.2) is 33.7 Å². The molecule has 1 heterocycles. The van der Waals surface area contributed by atoms with Gasteiger partial charge in [-0.15, -0.1) is 0 Å². The van der Waals surface area contributed by atoms with Gasteiger partial charge in [0.1, 0.15) is 15.6 Å². The molecule has 7 nitrogen and oxygen atoms in total. The lowest BCUT2D eigenvalue weighted by atomic mass is 9.90. The van der Waals surface area contributed by atoms with Gasteiger partial charge in [-0.05, 0) is 37.8 Å². The minimum Gasteiger partial charge on any atom is -0.490 e. The molecule has 0 saturated carbocycles. The zero-order chi connectivity index (χ0) is 21.7. The fourth-order valence-electron chi connectivity index (χ4n) is 2.88. The van der Waals surface area contributed by atoms with Crippen LogP contribution in [0.1, 0.15) is 45.9 Å². The molecule has 162 valence electrons. The first kappa shape index (κ1) is 23.1. The van der Waals surface area contributed by atoms with Gasteiger partial charge in [0, 0.05) is 25.2 Å². The van der Waals surface area contributed by atoms with Gasteiger partial charge in [0.25, 0.3) is 0 Å². The fourth-order valence-corrected chi connectivity index (χ4v) is 3.81. The molecule has 1 unspecified atom stereocenters. The van der Waals surface area contributed by atoms with Crippen LogP contribution >= 0.6 is 0 Å². The van der Waals surface area contributed by atoms with Crippen molar-refractivity contribution in [3.8, 4) is 5.75 Å². The molecule has 0 fully saturated rings. The van der Waals surface area contributed by atoms with Crippen molar-refractivity contribution >= 4 is 26.8 Å². The van der Waals surface area contributed by atoms with Crippen LogP contribution in [0.4, 0.5) is 0 Å². The molecule has 0 aliphatic rings. The van der Waals surface area contributed by atoms with Crippen molar-refractivity contribution in [2.24, 2.45) is 10.4 Å². The Morgan fingerprint density at radius 3 is 2.69 bits per heavy atom. The van der Waals surface area contributed by atoms with E-state index in [1.807, 2.05) is 52.0 Å². The van der Waals surface area contributed by atoms with Crippen molar-refractivity contribution in [2.45, 2.75) is 40.2 Å². The Bertz CT molecular complexity index is 948. The molecule has 1 atom stereocenters. The number of rotatable bonds is 9. The highest BCUT2D eigenvalue weighted by Crippen LogP contribution is 2.31. The summed E-state index contributed by atoms with van der Waals surface area (Å²) in [4.78, 5) is 4.28. The molecule has 2 aromatic rings. The summed E-state index contributed by atoms with van der Waals surface area (Å²) < 4.78 is 34.6. The zero-order valence-electron chi connectivity index (χ0n) is 18.2. The normalized spacial score (nSPS) is 14.1. The van der Waals surface area contributed by atoms with Gasteiger partial charge >= 0.3 is 0 Å². The Kier molecular flexibility index (Phi) is 7.57. The average Bonchev–Trinajstić information content (AvgIpc) is 3.09. The number of benzene rings is 1. The van der Waals surface area contributed by atoms with Gasteiger partial charge in [-0.3, -0.25) is 4.99 Å². The summed E-state index contributed by atoms with van der Waals surface area (Å²) in [6.45, 7) is 9.20. The number of aliphatic imine (C=N–C) groups is 1. The predicted octanol–water partition coefficient (Wildman–Crippen LogP) is 3.52. The van der Waals surface area contributed by atoms with Crippen molar-refractivity contribution in [1.82, 2.24) is 10.6 Å². The number of furan rings is 1. The Morgan fingerprint density at radius 1 is 1.34 bits per heavy atom. The van der Waals surface area contributed by atoms with Crippen LogP contribution in [0.5, 0.6) is 5.75 Å². The van der Waals surface area contributed by atoms with Crippen molar-refractivity contribution in [2.75, 3.05) is 32.2 Å². The molecule has 0 bridgehead atoms. The Morgan fingerprint density at radius 2 is 2.07 bits per heavy atom. The molecule has 2 rings (SSSR count). The molecule has 0 amide bonds. The van der Waals surface area contributed by atoms with Crippen molar-refractivity contribution in [3.05, 3.63) is 30.0 Å². The third-order valence-corrected chi connectivity index (χ3v) is 5.66. The Balaban J connectivity index is 2.02. The number of fused-ring (bicyclic) bond motifs is 1. The summed E-state index contributed by atoms with van der Waals surface area (Å²) in [7, 11) is -1.27. The number of para-hydroxylation sites is 1. The monoisotopic (exact) mass is 423 g/mol. The van der Waals surface area contributed by atoms with Gasteiger partial charge in [-0.1, -0.05) is 26.0 Å². The minimum absolute atomic E-state index is 0.109. The van der Waals surface area contributed by atoms with E-state index >= 15 is 0 Å². The van der Waals surface area contributed by atoms with E-state index < -0.39 is 9.84 Å². The number of ether oxygens (including phenoxy) is 1. The third-order valence-electron chi connectivity index (χ3n) is 4.71. The molecule has 2 N–H and O–H groups in total. The molecule has 0 saturated heterocycles. The number of hydrogen-bond donors (Lipinski definition) is 2. The summed E-state index contributed by atoms with van der Waals surface area (Å²) in [6, 6.07) is 7.73. The molecule has 8 heteroatoms. The molecule has 0 spiro atoms. The maximum absolute atomic E-state index is 11.4. The lowest BCUT2D eigenvalue weighted by molar-refractivity contribution is 0.336. The minimum atomic E-state index is -2.97. The van der Waals surface area contributed by atoms with E-state index in [4.69, 9.17) is 9.15 Å². The van der Waals surface area contributed by atoms with Crippen LogP contribution in [0.3, 0.4) is 0 Å². The van der Waals surface area contributed by atoms with Crippen molar-refractivity contribution < 1.29 is 17.6 Å². The zero-order valence-corrected chi connectivity index (χ0v) is 19.0. The summed E-state index contributed by atoms with van der Waals surface area (Å²) in [5, 5.41) is 7.61. The van der Waals surface area contributed by atoms with Crippen LogP contribution < -0.4 is 15.4 Å². The number of sulfone groups is 1. The van der Waals surface area contributed by atoms with E-state index in [9.17, 15) is 8.42 Å². The average molecular weight is 424 g/mol. The highest BCUT2D eigenvalue weighted by Gasteiger charge is 2.21. The number of guanidine groups is 1. The van der Waals surface area contributed by atoms with E-state index in [2.05, 4.69) is 15.6 Å². The van der Waals surface area contributed by atoms with Crippen LogP contribution in [-0.2, 0) is 9.84 Å². The van der Waals surface area contributed by atoms with Crippen molar-refractivity contribution in [3.63, 3.8) is 0 Å². The number of nitrogens with one attached hydrogen (secondary N) is 2. The molecular weight excluding hydrogens is 390 g/mol. The van der Waals surface area contributed by atoms with Gasteiger partial charge in [0.15, 0.2) is 17.3 Å². The molecule has 1 aromatic heterocycles. The quantitative estimate of drug-likeness (QED) is 0.474.